The lowest BCUT2D eigenvalue weighted by molar-refractivity contribution is 0.605. The Hall–Kier alpha value is -0.440. The van der Waals surface area contributed by atoms with Crippen LogP contribution in [0, 0.1) is 30.1 Å². The lowest BCUT2D eigenvalue weighted by atomic mass is 10.1. The van der Waals surface area contributed by atoms with Crippen molar-refractivity contribution in [3.8, 4) is 12.3 Å². The summed E-state index contributed by atoms with van der Waals surface area (Å²) in [5, 5.41) is 0. The summed E-state index contributed by atoms with van der Waals surface area (Å²) in [4.78, 5) is 0. The first kappa shape index (κ1) is 5.69. The second kappa shape index (κ2) is 1.82. The molecule has 0 saturated heterocycles. The van der Waals surface area contributed by atoms with Gasteiger partial charge in [0.2, 0.25) is 0 Å². The van der Waals surface area contributed by atoms with Crippen LogP contribution >= 0.6 is 0 Å². The molecule has 0 aliphatic heterocycles. The van der Waals surface area contributed by atoms with Gasteiger partial charge in [-0.05, 0) is 18.3 Å². The van der Waals surface area contributed by atoms with E-state index < -0.39 is 0 Å². The largest absolute Gasteiger partial charge is 0.120 e. The first-order valence-corrected chi connectivity index (χ1v) is 3.22. The first-order valence-electron chi connectivity index (χ1n) is 3.22. The second-order valence-corrected chi connectivity index (χ2v) is 2.83. The highest BCUT2D eigenvalue weighted by atomic mass is 14.4. The van der Waals surface area contributed by atoms with Crippen LogP contribution in [0.25, 0.3) is 0 Å². The van der Waals surface area contributed by atoms with E-state index in [0.717, 1.165) is 11.8 Å². The molecule has 0 amide bonds. The quantitative estimate of drug-likeness (QED) is 0.450. The monoisotopic (exact) mass is 108 g/mol. The minimum absolute atomic E-state index is 0.519. The highest BCUT2D eigenvalue weighted by Crippen LogP contribution is 2.43. The molecule has 1 rings (SSSR count). The molecular formula is C8H12. The molecule has 0 heteroatoms. The van der Waals surface area contributed by atoms with Crippen molar-refractivity contribution in [1.82, 2.24) is 0 Å². The number of terminal acetylenes is 1. The fourth-order valence-corrected chi connectivity index (χ4v) is 1.17. The van der Waals surface area contributed by atoms with Gasteiger partial charge in [-0.15, -0.1) is 12.3 Å². The molecule has 0 spiro atoms. The topological polar surface area (TPSA) is 0 Å². The molecule has 0 heterocycles. The van der Waals surface area contributed by atoms with Crippen molar-refractivity contribution < 1.29 is 0 Å². The van der Waals surface area contributed by atoms with E-state index in [-0.39, 0.29) is 0 Å². The molecule has 0 radical (unpaired) electrons. The second-order valence-electron chi connectivity index (χ2n) is 2.83. The van der Waals surface area contributed by atoms with Crippen molar-refractivity contribution in [2.75, 3.05) is 0 Å². The summed E-state index contributed by atoms with van der Waals surface area (Å²) in [5.41, 5.74) is 0. The van der Waals surface area contributed by atoms with Gasteiger partial charge in [-0.3, -0.25) is 0 Å². The van der Waals surface area contributed by atoms with Gasteiger partial charge in [0, 0.05) is 5.92 Å². The maximum absolute atomic E-state index is 5.23. The fraction of sp³-hybridized carbons (Fsp3) is 0.750. The van der Waals surface area contributed by atoms with Crippen molar-refractivity contribution in [2.24, 2.45) is 17.8 Å². The van der Waals surface area contributed by atoms with Gasteiger partial charge in [0.05, 0.1) is 0 Å². The Morgan fingerprint density at radius 1 is 1.75 bits per heavy atom. The maximum atomic E-state index is 5.23. The number of hydrogen-bond donors (Lipinski definition) is 0. The molecule has 1 aliphatic carbocycles. The van der Waals surface area contributed by atoms with Gasteiger partial charge in [-0.25, -0.2) is 0 Å². The van der Waals surface area contributed by atoms with Crippen molar-refractivity contribution >= 4 is 0 Å². The van der Waals surface area contributed by atoms with Gasteiger partial charge in [-0.2, -0.15) is 0 Å². The van der Waals surface area contributed by atoms with Gasteiger partial charge in [0.25, 0.3) is 0 Å². The molecule has 1 fully saturated rings. The summed E-state index contributed by atoms with van der Waals surface area (Å²) in [6.45, 7) is 4.40. The Kier molecular flexibility index (Phi) is 1.29. The predicted molar refractivity (Wildman–Crippen MR) is 35.3 cm³/mol. The van der Waals surface area contributed by atoms with Crippen LogP contribution in [-0.2, 0) is 0 Å². The summed E-state index contributed by atoms with van der Waals surface area (Å²) in [5.74, 6) is 5.03. The third kappa shape index (κ3) is 0.865. The minimum atomic E-state index is 0.519. The van der Waals surface area contributed by atoms with E-state index in [2.05, 4.69) is 19.8 Å². The standard InChI is InChI=1S/C8H12/c1-4-6(2)8-5-7(8)3/h1,6-8H,5H2,2-3H3. The summed E-state index contributed by atoms with van der Waals surface area (Å²) in [6.07, 6.45) is 6.58. The Labute approximate surface area is 51.3 Å². The highest BCUT2D eigenvalue weighted by molar-refractivity contribution is 5.01. The predicted octanol–water partition coefficient (Wildman–Crippen LogP) is 1.91. The van der Waals surface area contributed by atoms with E-state index in [9.17, 15) is 0 Å². The van der Waals surface area contributed by atoms with Gasteiger partial charge in [0.15, 0.2) is 0 Å². The van der Waals surface area contributed by atoms with Crippen LogP contribution in [-0.4, -0.2) is 0 Å². The van der Waals surface area contributed by atoms with Crippen LogP contribution in [0.3, 0.4) is 0 Å². The van der Waals surface area contributed by atoms with Crippen molar-refractivity contribution in [3.05, 3.63) is 0 Å². The zero-order chi connectivity index (χ0) is 6.15. The van der Waals surface area contributed by atoms with Crippen molar-refractivity contribution in [1.29, 1.82) is 0 Å². The molecule has 0 bridgehead atoms. The number of rotatable bonds is 1. The summed E-state index contributed by atoms with van der Waals surface area (Å²) in [7, 11) is 0. The summed E-state index contributed by atoms with van der Waals surface area (Å²) < 4.78 is 0. The van der Waals surface area contributed by atoms with E-state index in [0.29, 0.717) is 5.92 Å². The third-order valence-electron chi connectivity index (χ3n) is 2.08. The lowest BCUT2D eigenvalue weighted by Gasteiger charge is -1.96. The third-order valence-corrected chi connectivity index (χ3v) is 2.08. The van der Waals surface area contributed by atoms with Gasteiger partial charge in [-0.1, -0.05) is 13.8 Å². The molecule has 0 nitrogen and oxygen atoms in total. The molecule has 1 aliphatic rings. The van der Waals surface area contributed by atoms with E-state index in [1.54, 1.807) is 0 Å². The van der Waals surface area contributed by atoms with E-state index >= 15 is 0 Å². The Balaban J connectivity index is 2.31. The van der Waals surface area contributed by atoms with Gasteiger partial charge in [0.1, 0.15) is 0 Å². The van der Waals surface area contributed by atoms with Crippen LogP contribution in [0.2, 0.25) is 0 Å². The molecule has 44 valence electrons. The van der Waals surface area contributed by atoms with Crippen LogP contribution in [0.15, 0.2) is 0 Å². The summed E-state index contributed by atoms with van der Waals surface area (Å²) in [6, 6.07) is 0. The van der Waals surface area contributed by atoms with Crippen molar-refractivity contribution in [3.63, 3.8) is 0 Å². The maximum Gasteiger partial charge on any atom is 0.0202 e. The van der Waals surface area contributed by atoms with Crippen LogP contribution in [0.4, 0.5) is 0 Å². The molecular weight excluding hydrogens is 96.1 g/mol. The molecule has 0 N–H and O–H groups in total. The zero-order valence-corrected chi connectivity index (χ0v) is 5.52. The lowest BCUT2D eigenvalue weighted by Crippen LogP contribution is -1.92. The van der Waals surface area contributed by atoms with Crippen LogP contribution < -0.4 is 0 Å². The van der Waals surface area contributed by atoms with Gasteiger partial charge < -0.3 is 0 Å². The Bertz CT molecular complexity index is 118. The highest BCUT2D eigenvalue weighted by Gasteiger charge is 2.35. The first-order chi connectivity index (χ1) is 3.75. The molecule has 0 aromatic carbocycles. The SMILES string of the molecule is C#CC(C)C1CC1C. The zero-order valence-electron chi connectivity index (χ0n) is 5.52. The van der Waals surface area contributed by atoms with Crippen molar-refractivity contribution in [2.45, 2.75) is 20.3 Å². The van der Waals surface area contributed by atoms with E-state index in [1.807, 2.05) is 0 Å². The Morgan fingerprint density at radius 3 is 2.38 bits per heavy atom. The van der Waals surface area contributed by atoms with E-state index in [1.165, 1.54) is 6.42 Å². The fourth-order valence-electron chi connectivity index (χ4n) is 1.17. The molecule has 0 aromatic heterocycles. The smallest absolute Gasteiger partial charge is 0.0202 e. The molecule has 8 heavy (non-hydrogen) atoms. The average molecular weight is 108 g/mol. The Morgan fingerprint density at radius 2 is 2.25 bits per heavy atom. The summed E-state index contributed by atoms with van der Waals surface area (Å²) >= 11 is 0. The normalized spacial score (nSPS) is 38.1. The average Bonchev–Trinajstić information content (AvgIpc) is 2.45. The van der Waals surface area contributed by atoms with Gasteiger partial charge >= 0.3 is 0 Å². The molecule has 0 aromatic rings. The molecule has 1 saturated carbocycles. The van der Waals surface area contributed by atoms with E-state index in [4.69, 9.17) is 6.42 Å². The number of hydrogen-bond acceptors (Lipinski definition) is 0. The minimum Gasteiger partial charge on any atom is -0.120 e. The molecule has 3 atom stereocenters. The van der Waals surface area contributed by atoms with Crippen LogP contribution in [0.1, 0.15) is 20.3 Å². The molecule has 3 unspecified atom stereocenters. The van der Waals surface area contributed by atoms with Crippen LogP contribution in [0.5, 0.6) is 0 Å².